The van der Waals surface area contributed by atoms with Gasteiger partial charge in [0.25, 0.3) is 0 Å². The molecule has 1 saturated heterocycles. The summed E-state index contributed by atoms with van der Waals surface area (Å²) in [5.41, 5.74) is 7.59. The van der Waals surface area contributed by atoms with Gasteiger partial charge in [0.15, 0.2) is 0 Å². The predicted molar refractivity (Wildman–Crippen MR) is 152 cm³/mol. The Morgan fingerprint density at radius 3 is 2.29 bits per heavy atom. The Balaban J connectivity index is 1.50. The van der Waals surface area contributed by atoms with Gasteiger partial charge in [-0.3, -0.25) is 19.3 Å². The Morgan fingerprint density at radius 1 is 0.976 bits per heavy atom. The van der Waals surface area contributed by atoms with Crippen molar-refractivity contribution in [3.05, 3.63) is 95.6 Å². The maximum absolute atomic E-state index is 13.5. The average molecular weight is 566 g/mol. The molecule has 1 aliphatic rings. The number of hydrogen-bond acceptors (Lipinski definition) is 5. The van der Waals surface area contributed by atoms with Crippen molar-refractivity contribution in [3.8, 4) is 0 Å². The molecule has 1 heterocycles. The van der Waals surface area contributed by atoms with Crippen molar-refractivity contribution in [1.82, 2.24) is 10.2 Å². The van der Waals surface area contributed by atoms with Gasteiger partial charge < -0.3 is 21.7 Å². The van der Waals surface area contributed by atoms with E-state index in [4.69, 9.17) is 5.73 Å². The van der Waals surface area contributed by atoms with Crippen LogP contribution in [-0.4, -0.2) is 41.8 Å². The topological polar surface area (TPSA) is 117 Å². The molecule has 5 N–H and O–H groups in total. The summed E-state index contributed by atoms with van der Waals surface area (Å²) in [6, 6.07) is 17.3. The van der Waals surface area contributed by atoms with E-state index in [0.29, 0.717) is 42.0 Å². The van der Waals surface area contributed by atoms with E-state index < -0.39 is 23.7 Å². The first-order chi connectivity index (χ1) is 19.5. The number of nitrogen functional groups attached to an aromatic ring is 1. The molecule has 3 amide bonds. The maximum Gasteiger partial charge on any atom is 0.416 e. The molecule has 2 atom stereocenters. The lowest BCUT2D eigenvalue weighted by Gasteiger charge is -2.27. The number of halogens is 3. The van der Waals surface area contributed by atoms with Crippen molar-refractivity contribution in [2.75, 3.05) is 29.5 Å². The number of likely N-dealkylation sites (tertiary alicyclic amines) is 1. The number of rotatable bonds is 8. The fraction of sp³-hybridized carbons (Fsp3) is 0.233. The van der Waals surface area contributed by atoms with Crippen LogP contribution in [0, 0.1) is 0 Å². The molecule has 0 bridgehead atoms. The maximum atomic E-state index is 13.5. The molecule has 3 aromatic carbocycles. The fourth-order valence-corrected chi connectivity index (χ4v) is 4.65. The number of carbonyl (C=O) groups is 3. The quantitative estimate of drug-likeness (QED) is 0.231. The lowest BCUT2D eigenvalue weighted by molar-refractivity contribution is -0.137. The summed E-state index contributed by atoms with van der Waals surface area (Å²) < 4.78 is 38.9. The zero-order chi connectivity index (χ0) is 29.6. The summed E-state index contributed by atoms with van der Waals surface area (Å²) in [4.78, 5) is 39.3. The number of hydrogen-bond donors (Lipinski definition) is 4. The summed E-state index contributed by atoms with van der Waals surface area (Å²) in [7, 11) is 0. The molecule has 1 fully saturated rings. The number of carbonyl (C=O) groups excluding carboxylic acids is 3. The minimum Gasteiger partial charge on any atom is -0.397 e. The van der Waals surface area contributed by atoms with Gasteiger partial charge in [0.05, 0.1) is 16.9 Å². The number of para-hydroxylation sites is 2. The lowest BCUT2D eigenvalue weighted by atomic mass is 10.0. The van der Waals surface area contributed by atoms with Crippen LogP contribution in [0.1, 0.15) is 36.1 Å². The zero-order valence-electron chi connectivity index (χ0n) is 22.2. The van der Waals surface area contributed by atoms with Crippen LogP contribution in [0.15, 0.2) is 78.9 Å². The number of alkyl halides is 3. The Morgan fingerprint density at radius 2 is 1.66 bits per heavy atom. The molecule has 4 rings (SSSR count). The van der Waals surface area contributed by atoms with Gasteiger partial charge in [0.1, 0.15) is 6.04 Å². The first kappa shape index (κ1) is 29.3. The van der Waals surface area contributed by atoms with Crippen molar-refractivity contribution in [1.29, 1.82) is 0 Å². The van der Waals surface area contributed by atoms with Crippen molar-refractivity contribution in [3.63, 3.8) is 0 Å². The van der Waals surface area contributed by atoms with E-state index >= 15 is 0 Å². The van der Waals surface area contributed by atoms with Crippen LogP contribution in [0.3, 0.4) is 0 Å². The van der Waals surface area contributed by atoms with Gasteiger partial charge in [-0.2, -0.15) is 13.2 Å². The standard InChI is InChI=1S/C30H30F3N5O3/c1-19(39)35-24-16-17-38(18-24)28(29(41)36-23-13-11-22(12-14-23)30(31,32)33)21-9-6-20(7-10-21)8-15-27(40)37-26-5-3-2-4-25(26)34/h2-15,24,28H,16-18,34H2,1H3,(H,35,39)(H,36,41)(H,37,40)/b15-8+. The van der Waals surface area contributed by atoms with Crippen LogP contribution in [0.2, 0.25) is 0 Å². The van der Waals surface area contributed by atoms with E-state index in [2.05, 4.69) is 16.0 Å². The van der Waals surface area contributed by atoms with E-state index in [-0.39, 0.29) is 23.5 Å². The smallest absolute Gasteiger partial charge is 0.397 e. The highest BCUT2D eigenvalue weighted by molar-refractivity contribution is 6.03. The molecular weight excluding hydrogens is 535 g/mol. The Hall–Kier alpha value is -4.64. The van der Waals surface area contributed by atoms with Crippen LogP contribution in [0.5, 0.6) is 0 Å². The third kappa shape index (κ3) is 7.95. The first-order valence-electron chi connectivity index (χ1n) is 12.9. The third-order valence-electron chi connectivity index (χ3n) is 6.62. The highest BCUT2D eigenvalue weighted by atomic mass is 19.4. The van der Waals surface area contributed by atoms with Crippen molar-refractivity contribution in [2.24, 2.45) is 0 Å². The summed E-state index contributed by atoms with van der Waals surface area (Å²) in [6.07, 6.45) is -0.844. The number of amides is 3. The molecule has 0 aromatic heterocycles. The molecule has 0 saturated carbocycles. The minimum absolute atomic E-state index is 0.131. The zero-order valence-corrected chi connectivity index (χ0v) is 22.2. The summed E-state index contributed by atoms with van der Waals surface area (Å²) in [5, 5.41) is 8.30. The minimum atomic E-state index is -4.48. The van der Waals surface area contributed by atoms with E-state index in [9.17, 15) is 27.6 Å². The van der Waals surface area contributed by atoms with Crippen LogP contribution >= 0.6 is 0 Å². The monoisotopic (exact) mass is 565 g/mol. The van der Waals surface area contributed by atoms with Gasteiger partial charge >= 0.3 is 6.18 Å². The normalized spacial score (nSPS) is 16.3. The summed E-state index contributed by atoms with van der Waals surface area (Å²) >= 11 is 0. The fourth-order valence-electron chi connectivity index (χ4n) is 4.65. The lowest BCUT2D eigenvalue weighted by Crippen LogP contribution is -2.39. The molecular formula is C30H30F3N5O3. The second-order valence-electron chi connectivity index (χ2n) is 9.72. The number of nitrogens with zero attached hydrogens (tertiary/aromatic N) is 1. The van der Waals surface area contributed by atoms with Gasteiger partial charge in [0, 0.05) is 37.8 Å². The van der Waals surface area contributed by atoms with Gasteiger partial charge in [-0.05, 0) is 60.0 Å². The third-order valence-corrected chi connectivity index (χ3v) is 6.62. The molecule has 214 valence electrons. The van der Waals surface area contributed by atoms with Crippen LogP contribution in [0.25, 0.3) is 6.08 Å². The average Bonchev–Trinajstić information content (AvgIpc) is 3.36. The number of anilines is 3. The van der Waals surface area contributed by atoms with Gasteiger partial charge in [-0.25, -0.2) is 0 Å². The second kappa shape index (κ2) is 12.7. The molecule has 8 nitrogen and oxygen atoms in total. The first-order valence-corrected chi connectivity index (χ1v) is 12.9. The van der Waals surface area contributed by atoms with E-state index in [0.717, 1.165) is 12.1 Å². The molecule has 0 spiro atoms. The van der Waals surface area contributed by atoms with Gasteiger partial charge in [0.2, 0.25) is 17.7 Å². The molecule has 2 unspecified atom stereocenters. The Labute approximate surface area is 235 Å². The highest BCUT2D eigenvalue weighted by Crippen LogP contribution is 2.31. The highest BCUT2D eigenvalue weighted by Gasteiger charge is 2.34. The van der Waals surface area contributed by atoms with Crippen molar-refractivity contribution >= 4 is 40.9 Å². The molecule has 41 heavy (non-hydrogen) atoms. The van der Waals surface area contributed by atoms with E-state index in [1.165, 1.54) is 25.1 Å². The van der Waals surface area contributed by atoms with Crippen molar-refractivity contribution < 1.29 is 27.6 Å². The van der Waals surface area contributed by atoms with E-state index in [1.54, 1.807) is 54.6 Å². The van der Waals surface area contributed by atoms with Gasteiger partial charge in [-0.1, -0.05) is 36.4 Å². The molecule has 3 aromatic rings. The van der Waals surface area contributed by atoms with Crippen LogP contribution < -0.4 is 21.7 Å². The second-order valence-corrected chi connectivity index (χ2v) is 9.72. The SMILES string of the molecule is CC(=O)NC1CCN(C(C(=O)Nc2ccc(C(F)(F)F)cc2)c2ccc(/C=C/C(=O)Nc3ccccc3N)cc2)C1. The summed E-state index contributed by atoms with van der Waals surface area (Å²) in [6.45, 7) is 2.38. The van der Waals surface area contributed by atoms with E-state index in [1.807, 2.05) is 4.90 Å². The molecule has 1 aliphatic heterocycles. The molecule has 0 radical (unpaired) electrons. The number of nitrogens with two attached hydrogens (primary N) is 1. The number of nitrogens with one attached hydrogen (secondary N) is 3. The Bertz CT molecular complexity index is 1420. The van der Waals surface area contributed by atoms with Gasteiger partial charge in [-0.15, -0.1) is 0 Å². The largest absolute Gasteiger partial charge is 0.416 e. The summed E-state index contributed by atoms with van der Waals surface area (Å²) in [5.74, 6) is -0.948. The van der Waals surface area contributed by atoms with Crippen LogP contribution in [-0.2, 0) is 20.6 Å². The Kier molecular flexibility index (Phi) is 9.08. The van der Waals surface area contributed by atoms with Crippen LogP contribution in [0.4, 0.5) is 30.2 Å². The molecule has 11 heteroatoms. The number of benzene rings is 3. The molecule has 0 aliphatic carbocycles. The van der Waals surface area contributed by atoms with Crippen molar-refractivity contribution in [2.45, 2.75) is 31.6 Å². The predicted octanol–water partition coefficient (Wildman–Crippen LogP) is 4.83.